The summed E-state index contributed by atoms with van der Waals surface area (Å²) in [7, 11) is 0. The molecule has 0 radical (unpaired) electrons. The Morgan fingerprint density at radius 1 is 1.15 bits per heavy atom. The van der Waals surface area contributed by atoms with E-state index < -0.39 is 0 Å². The van der Waals surface area contributed by atoms with Crippen LogP contribution in [0.25, 0.3) is 0 Å². The Kier molecular flexibility index (Phi) is 4.94. The highest BCUT2D eigenvalue weighted by atomic mass is 16.5. The predicted molar refractivity (Wildman–Crippen MR) is 75.4 cm³/mol. The van der Waals surface area contributed by atoms with E-state index in [9.17, 15) is 0 Å². The fraction of sp³-hybridized carbons (Fsp3) is 0.769. The molecular weight excluding hydrogens is 258 g/mol. The quantitative estimate of drug-likeness (QED) is 0.628. The zero-order valence-corrected chi connectivity index (χ0v) is 12.3. The molecule has 1 fully saturated rings. The molecule has 7 heteroatoms. The molecule has 0 saturated heterocycles. The average molecular weight is 281 g/mol. The molecule has 112 valence electrons. The number of hydrogen-bond donors (Lipinski definition) is 2. The van der Waals surface area contributed by atoms with Gasteiger partial charge in [0.15, 0.2) is 0 Å². The molecule has 1 aliphatic rings. The van der Waals surface area contributed by atoms with Gasteiger partial charge in [0.1, 0.15) is 6.10 Å². The van der Waals surface area contributed by atoms with Gasteiger partial charge < -0.3 is 9.47 Å². The van der Waals surface area contributed by atoms with Gasteiger partial charge in [0.2, 0.25) is 5.95 Å². The highest BCUT2D eigenvalue weighted by Crippen LogP contribution is 2.27. The minimum absolute atomic E-state index is 0.0236. The molecule has 1 saturated carbocycles. The maximum Gasteiger partial charge on any atom is 0.324 e. The largest absolute Gasteiger partial charge is 0.461 e. The number of ether oxygens (including phenoxy) is 2. The molecule has 7 nitrogen and oxygen atoms in total. The zero-order chi connectivity index (χ0) is 14.5. The van der Waals surface area contributed by atoms with Crippen LogP contribution in [-0.4, -0.2) is 27.2 Å². The summed E-state index contributed by atoms with van der Waals surface area (Å²) in [5.74, 6) is 6.11. The fourth-order valence-electron chi connectivity index (χ4n) is 2.31. The molecule has 2 atom stereocenters. The number of nitrogens with zero attached hydrogens (tertiary/aromatic N) is 3. The molecule has 0 amide bonds. The zero-order valence-electron chi connectivity index (χ0n) is 12.3. The maximum absolute atomic E-state index is 5.89. The van der Waals surface area contributed by atoms with E-state index in [0.29, 0.717) is 5.92 Å². The predicted octanol–water partition coefficient (Wildman–Crippen LogP) is 1.90. The van der Waals surface area contributed by atoms with Crippen molar-refractivity contribution in [1.29, 1.82) is 0 Å². The van der Waals surface area contributed by atoms with Gasteiger partial charge in [-0.25, -0.2) is 5.84 Å². The number of nitrogens with two attached hydrogens (primary N) is 1. The number of hydrogen-bond acceptors (Lipinski definition) is 7. The fourth-order valence-corrected chi connectivity index (χ4v) is 2.31. The van der Waals surface area contributed by atoms with Gasteiger partial charge in [0.25, 0.3) is 0 Å². The first-order valence-corrected chi connectivity index (χ1v) is 7.14. The normalized spacial score (nSPS) is 22.6. The molecule has 20 heavy (non-hydrogen) atoms. The van der Waals surface area contributed by atoms with Crippen molar-refractivity contribution in [2.75, 3.05) is 5.43 Å². The Labute approximate surface area is 119 Å². The lowest BCUT2D eigenvalue weighted by molar-refractivity contribution is 0.0901. The summed E-state index contributed by atoms with van der Waals surface area (Å²) in [5, 5.41) is 0. The second-order valence-corrected chi connectivity index (χ2v) is 5.45. The second kappa shape index (κ2) is 6.69. The first-order chi connectivity index (χ1) is 9.58. The van der Waals surface area contributed by atoms with E-state index in [1.54, 1.807) is 0 Å². The van der Waals surface area contributed by atoms with E-state index in [1.165, 1.54) is 19.3 Å². The van der Waals surface area contributed by atoms with Gasteiger partial charge in [-0.15, -0.1) is 4.98 Å². The highest BCUT2D eigenvalue weighted by Gasteiger charge is 2.24. The first kappa shape index (κ1) is 14.8. The van der Waals surface area contributed by atoms with Crippen LogP contribution in [0.15, 0.2) is 0 Å². The lowest BCUT2D eigenvalue weighted by Crippen LogP contribution is -2.29. The van der Waals surface area contributed by atoms with Crippen LogP contribution in [0, 0.1) is 5.92 Å². The Morgan fingerprint density at radius 2 is 1.85 bits per heavy atom. The Bertz CT molecular complexity index is 441. The number of nitrogens with one attached hydrogen (secondary N) is 1. The monoisotopic (exact) mass is 281 g/mol. The highest BCUT2D eigenvalue weighted by molar-refractivity contribution is 5.25. The van der Waals surface area contributed by atoms with Gasteiger partial charge in [0.05, 0.1) is 6.10 Å². The van der Waals surface area contributed by atoms with Crippen molar-refractivity contribution in [3.63, 3.8) is 0 Å². The lowest BCUT2D eigenvalue weighted by atomic mass is 9.88. The van der Waals surface area contributed by atoms with Crippen LogP contribution in [-0.2, 0) is 0 Å². The van der Waals surface area contributed by atoms with Crippen LogP contribution in [0.4, 0.5) is 5.95 Å². The topological polar surface area (TPSA) is 95.2 Å². The van der Waals surface area contributed by atoms with E-state index in [-0.39, 0.29) is 30.2 Å². The van der Waals surface area contributed by atoms with Crippen LogP contribution >= 0.6 is 0 Å². The summed E-state index contributed by atoms with van der Waals surface area (Å²) < 4.78 is 11.4. The van der Waals surface area contributed by atoms with Crippen LogP contribution < -0.4 is 20.7 Å². The molecule has 2 rings (SSSR count). The lowest BCUT2D eigenvalue weighted by Gasteiger charge is -2.28. The van der Waals surface area contributed by atoms with Crippen LogP contribution in [0.2, 0.25) is 0 Å². The van der Waals surface area contributed by atoms with Crippen molar-refractivity contribution < 1.29 is 9.47 Å². The molecule has 1 heterocycles. The molecule has 0 spiro atoms. The number of rotatable bonds is 5. The number of nitrogen functional groups attached to an aromatic ring is 1. The van der Waals surface area contributed by atoms with Gasteiger partial charge in [-0.3, -0.25) is 5.43 Å². The Balaban J connectivity index is 2.13. The van der Waals surface area contributed by atoms with Crippen molar-refractivity contribution >= 4 is 5.95 Å². The van der Waals surface area contributed by atoms with Crippen LogP contribution in [0.3, 0.4) is 0 Å². The molecule has 0 aliphatic heterocycles. The van der Waals surface area contributed by atoms with Crippen molar-refractivity contribution in [3.8, 4) is 12.0 Å². The van der Waals surface area contributed by atoms with E-state index in [2.05, 4.69) is 27.3 Å². The molecule has 0 bridgehead atoms. The third-order valence-corrected chi connectivity index (χ3v) is 3.35. The molecule has 1 aliphatic carbocycles. The molecule has 0 aromatic carbocycles. The second-order valence-electron chi connectivity index (χ2n) is 5.45. The van der Waals surface area contributed by atoms with Gasteiger partial charge in [-0.05, 0) is 39.0 Å². The number of hydrazine groups is 1. The van der Waals surface area contributed by atoms with E-state index >= 15 is 0 Å². The summed E-state index contributed by atoms with van der Waals surface area (Å²) >= 11 is 0. The van der Waals surface area contributed by atoms with Crippen LogP contribution in [0.5, 0.6) is 12.0 Å². The van der Waals surface area contributed by atoms with E-state index in [0.717, 1.165) is 6.42 Å². The Hall–Kier alpha value is -1.63. The van der Waals surface area contributed by atoms with Crippen LogP contribution in [0.1, 0.15) is 46.5 Å². The van der Waals surface area contributed by atoms with Gasteiger partial charge in [0, 0.05) is 0 Å². The number of aromatic nitrogens is 3. The third-order valence-electron chi connectivity index (χ3n) is 3.35. The van der Waals surface area contributed by atoms with Crippen molar-refractivity contribution in [2.45, 2.75) is 58.7 Å². The maximum atomic E-state index is 5.89. The van der Waals surface area contributed by atoms with Gasteiger partial charge >= 0.3 is 12.0 Å². The molecule has 1 aromatic rings. The molecule has 1 aromatic heterocycles. The minimum atomic E-state index is -0.0236. The summed E-state index contributed by atoms with van der Waals surface area (Å²) in [6.45, 7) is 6.00. The third kappa shape index (κ3) is 3.93. The average Bonchev–Trinajstić information content (AvgIpc) is 2.40. The smallest absolute Gasteiger partial charge is 0.324 e. The summed E-state index contributed by atoms with van der Waals surface area (Å²) in [5.41, 5.74) is 2.41. The first-order valence-electron chi connectivity index (χ1n) is 7.14. The molecule has 2 unspecified atom stereocenters. The Morgan fingerprint density at radius 3 is 2.50 bits per heavy atom. The van der Waals surface area contributed by atoms with Crippen molar-refractivity contribution in [1.82, 2.24) is 15.0 Å². The SMILES string of the molecule is CC(C)Oc1nc(NN)nc(OC2CCCCC2C)n1. The summed E-state index contributed by atoms with van der Waals surface area (Å²) in [6.07, 6.45) is 4.76. The van der Waals surface area contributed by atoms with Gasteiger partial charge in [-0.1, -0.05) is 13.3 Å². The minimum Gasteiger partial charge on any atom is -0.461 e. The number of anilines is 1. The molecule has 3 N–H and O–H groups in total. The summed E-state index contributed by atoms with van der Waals surface area (Å²) in [6, 6.07) is 0.490. The standard InChI is InChI=1S/C13H23N5O2/c1-8(2)19-12-15-11(18-14)16-13(17-12)20-10-7-5-4-6-9(10)3/h8-10H,4-7,14H2,1-3H3,(H,15,16,17,18). The van der Waals surface area contributed by atoms with E-state index in [1.807, 2.05) is 13.8 Å². The van der Waals surface area contributed by atoms with Crippen molar-refractivity contribution in [2.24, 2.45) is 11.8 Å². The summed E-state index contributed by atoms with van der Waals surface area (Å²) in [4.78, 5) is 12.4. The van der Waals surface area contributed by atoms with E-state index in [4.69, 9.17) is 15.3 Å². The van der Waals surface area contributed by atoms with Crippen molar-refractivity contribution in [3.05, 3.63) is 0 Å². The van der Waals surface area contributed by atoms with Gasteiger partial charge in [-0.2, -0.15) is 9.97 Å². The molecular formula is C13H23N5O2.